The minimum atomic E-state index is -0.693. The van der Waals surface area contributed by atoms with Gasteiger partial charge in [-0.2, -0.15) is 0 Å². The third-order valence-electron chi connectivity index (χ3n) is 2.35. The highest BCUT2D eigenvalue weighted by molar-refractivity contribution is 7.17. The van der Waals surface area contributed by atoms with Crippen LogP contribution in [0.15, 0.2) is 12.1 Å². The first-order chi connectivity index (χ1) is 9.42. The van der Waals surface area contributed by atoms with Gasteiger partial charge in [0.05, 0.1) is 4.34 Å². The summed E-state index contributed by atoms with van der Waals surface area (Å²) in [5.74, 6) is -1.35. The molecule has 3 amide bonds. The molecule has 0 aliphatic heterocycles. The van der Waals surface area contributed by atoms with Crippen LogP contribution in [0, 0.1) is 0 Å². The fourth-order valence-corrected chi connectivity index (χ4v) is 2.09. The lowest BCUT2D eigenvalue weighted by molar-refractivity contribution is -0.123. The monoisotopic (exact) mass is 318 g/mol. The molecule has 1 heterocycles. The number of hydrogen-bond donors (Lipinski definition) is 2. The lowest BCUT2D eigenvalue weighted by Gasteiger charge is -2.11. The lowest BCUT2D eigenvalue weighted by Crippen LogP contribution is -2.44. The first-order valence-corrected chi connectivity index (χ1v) is 7.14. The van der Waals surface area contributed by atoms with Crippen molar-refractivity contribution >= 4 is 40.8 Å². The van der Waals surface area contributed by atoms with Crippen molar-refractivity contribution in [2.45, 2.75) is 26.3 Å². The van der Waals surface area contributed by atoms with Gasteiger partial charge in [-0.3, -0.25) is 10.1 Å². The minimum absolute atomic E-state index is 0.0430. The molecule has 0 aliphatic carbocycles. The summed E-state index contributed by atoms with van der Waals surface area (Å²) in [5.41, 5.74) is 0. The molecule has 1 atom stereocenters. The average Bonchev–Trinajstić information content (AvgIpc) is 2.82. The van der Waals surface area contributed by atoms with Gasteiger partial charge in [0.15, 0.2) is 6.61 Å². The molecule has 0 aliphatic rings. The zero-order valence-corrected chi connectivity index (χ0v) is 12.6. The fourth-order valence-electron chi connectivity index (χ4n) is 1.15. The summed E-state index contributed by atoms with van der Waals surface area (Å²) >= 11 is 6.73. The third-order valence-corrected chi connectivity index (χ3v) is 3.56. The summed E-state index contributed by atoms with van der Waals surface area (Å²) in [6.45, 7) is 3.19. The van der Waals surface area contributed by atoms with Gasteiger partial charge in [0, 0.05) is 6.04 Å². The number of carbonyl (C=O) groups excluding carboxylic acids is 3. The molecule has 0 saturated heterocycles. The van der Waals surface area contributed by atoms with Crippen LogP contribution in [0.4, 0.5) is 4.79 Å². The van der Waals surface area contributed by atoms with E-state index in [1.165, 1.54) is 6.07 Å². The zero-order valence-electron chi connectivity index (χ0n) is 11.1. The Bertz CT molecular complexity index is 503. The van der Waals surface area contributed by atoms with Crippen LogP contribution in [0.5, 0.6) is 0 Å². The summed E-state index contributed by atoms with van der Waals surface area (Å²) < 4.78 is 5.21. The first kappa shape index (κ1) is 16.5. The number of rotatable bonds is 5. The Morgan fingerprint density at radius 3 is 2.65 bits per heavy atom. The molecule has 0 aromatic carbocycles. The Morgan fingerprint density at radius 1 is 1.40 bits per heavy atom. The predicted molar refractivity (Wildman–Crippen MR) is 76.0 cm³/mol. The number of imide groups is 1. The second-order valence-electron chi connectivity index (χ2n) is 4.01. The van der Waals surface area contributed by atoms with Gasteiger partial charge in [0.1, 0.15) is 4.88 Å². The Kier molecular flexibility index (Phi) is 6.47. The van der Waals surface area contributed by atoms with Gasteiger partial charge in [-0.1, -0.05) is 18.5 Å². The molecule has 1 rings (SSSR count). The van der Waals surface area contributed by atoms with E-state index in [0.717, 1.165) is 17.8 Å². The molecule has 0 fully saturated rings. The molecule has 20 heavy (non-hydrogen) atoms. The van der Waals surface area contributed by atoms with E-state index in [0.29, 0.717) is 9.21 Å². The summed E-state index contributed by atoms with van der Waals surface area (Å²) in [4.78, 5) is 34.6. The molecule has 1 aromatic rings. The number of hydrogen-bond acceptors (Lipinski definition) is 5. The second kappa shape index (κ2) is 7.86. The number of ether oxygens (including phenoxy) is 1. The predicted octanol–water partition coefficient (Wildman–Crippen LogP) is 2.18. The Labute approximate surface area is 125 Å². The normalized spacial score (nSPS) is 11.6. The van der Waals surface area contributed by atoms with E-state index < -0.39 is 24.5 Å². The van der Waals surface area contributed by atoms with Crippen LogP contribution in [0.25, 0.3) is 0 Å². The molecule has 2 N–H and O–H groups in total. The number of esters is 1. The van der Waals surface area contributed by atoms with Gasteiger partial charge in [-0.25, -0.2) is 9.59 Å². The molecule has 0 unspecified atom stereocenters. The molecule has 8 heteroatoms. The SMILES string of the molecule is CC[C@@H](C)NC(=O)NC(=O)COC(=O)c1ccc(Cl)s1. The van der Waals surface area contributed by atoms with Crippen molar-refractivity contribution in [2.24, 2.45) is 0 Å². The van der Waals surface area contributed by atoms with E-state index in [-0.39, 0.29) is 6.04 Å². The van der Waals surface area contributed by atoms with Gasteiger partial charge < -0.3 is 10.1 Å². The largest absolute Gasteiger partial charge is 0.451 e. The summed E-state index contributed by atoms with van der Waals surface area (Å²) in [5, 5.41) is 4.62. The Morgan fingerprint density at radius 2 is 2.10 bits per heavy atom. The number of urea groups is 1. The van der Waals surface area contributed by atoms with Crippen molar-refractivity contribution in [3.63, 3.8) is 0 Å². The van der Waals surface area contributed by atoms with E-state index in [2.05, 4.69) is 10.6 Å². The van der Waals surface area contributed by atoms with Gasteiger partial charge in [-0.15, -0.1) is 11.3 Å². The molecule has 0 spiro atoms. The number of thiophene rings is 1. The maximum Gasteiger partial charge on any atom is 0.348 e. The average molecular weight is 319 g/mol. The zero-order chi connectivity index (χ0) is 15.1. The van der Waals surface area contributed by atoms with Crippen LogP contribution in [0.1, 0.15) is 29.9 Å². The number of carbonyl (C=O) groups is 3. The number of amides is 3. The molecular weight excluding hydrogens is 304 g/mol. The van der Waals surface area contributed by atoms with E-state index >= 15 is 0 Å². The van der Waals surface area contributed by atoms with E-state index in [4.69, 9.17) is 16.3 Å². The quantitative estimate of drug-likeness (QED) is 0.815. The van der Waals surface area contributed by atoms with Crippen LogP contribution in [0.3, 0.4) is 0 Å². The molecule has 0 saturated carbocycles. The number of halogens is 1. The Hall–Kier alpha value is -1.60. The van der Waals surface area contributed by atoms with Crippen molar-refractivity contribution in [3.05, 3.63) is 21.3 Å². The standard InChI is InChI=1S/C12H15ClN2O4S/c1-3-7(2)14-12(18)15-10(16)6-19-11(17)8-4-5-9(13)20-8/h4-5,7H,3,6H2,1-2H3,(H2,14,15,16,18)/t7-/m1/s1. The summed E-state index contributed by atoms with van der Waals surface area (Å²) in [6.07, 6.45) is 0.746. The maximum atomic E-state index is 11.5. The molecule has 0 radical (unpaired) electrons. The minimum Gasteiger partial charge on any atom is -0.451 e. The summed E-state index contributed by atoms with van der Waals surface area (Å²) in [6, 6.07) is 2.41. The Balaban J connectivity index is 2.33. The van der Waals surface area contributed by atoms with Crippen molar-refractivity contribution in [1.82, 2.24) is 10.6 Å². The van der Waals surface area contributed by atoms with Gasteiger partial charge in [0.2, 0.25) is 0 Å². The maximum absolute atomic E-state index is 11.5. The molecule has 6 nitrogen and oxygen atoms in total. The van der Waals surface area contributed by atoms with E-state index in [1.807, 2.05) is 13.8 Å². The second-order valence-corrected chi connectivity index (χ2v) is 5.73. The lowest BCUT2D eigenvalue weighted by atomic mass is 10.3. The van der Waals surface area contributed by atoms with E-state index in [9.17, 15) is 14.4 Å². The molecule has 110 valence electrons. The van der Waals surface area contributed by atoms with Crippen LogP contribution in [0.2, 0.25) is 4.34 Å². The van der Waals surface area contributed by atoms with Crippen molar-refractivity contribution in [1.29, 1.82) is 0 Å². The van der Waals surface area contributed by atoms with Gasteiger partial charge >= 0.3 is 12.0 Å². The van der Waals surface area contributed by atoms with Crippen LogP contribution in [-0.4, -0.2) is 30.6 Å². The van der Waals surface area contributed by atoms with Crippen LogP contribution in [-0.2, 0) is 9.53 Å². The third kappa shape index (κ3) is 5.58. The van der Waals surface area contributed by atoms with Crippen molar-refractivity contribution in [3.8, 4) is 0 Å². The van der Waals surface area contributed by atoms with Crippen molar-refractivity contribution in [2.75, 3.05) is 6.61 Å². The fraction of sp³-hybridized carbons (Fsp3) is 0.417. The van der Waals surface area contributed by atoms with Crippen LogP contribution >= 0.6 is 22.9 Å². The molecular formula is C12H15ClN2O4S. The smallest absolute Gasteiger partial charge is 0.348 e. The molecule has 0 bridgehead atoms. The van der Waals surface area contributed by atoms with Crippen molar-refractivity contribution < 1.29 is 19.1 Å². The highest BCUT2D eigenvalue weighted by Crippen LogP contribution is 2.21. The van der Waals surface area contributed by atoms with Crippen LogP contribution < -0.4 is 10.6 Å². The van der Waals surface area contributed by atoms with Gasteiger partial charge in [0.25, 0.3) is 5.91 Å². The topological polar surface area (TPSA) is 84.5 Å². The molecule has 1 aromatic heterocycles. The first-order valence-electron chi connectivity index (χ1n) is 5.95. The summed E-state index contributed by atoms with van der Waals surface area (Å²) in [7, 11) is 0. The van der Waals surface area contributed by atoms with Gasteiger partial charge in [-0.05, 0) is 25.5 Å². The highest BCUT2D eigenvalue weighted by atomic mass is 35.5. The number of nitrogens with one attached hydrogen (secondary N) is 2. The van der Waals surface area contributed by atoms with E-state index in [1.54, 1.807) is 6.07 Å². The highest BCUT2D eigenvalue weighted by Gasteiger charge is 2.14.